The van der Waals surface area contributed by atoms with E-state index < -0.39 is 48.1 Å². The first kappa shape index (κ1) is 43.9. The molecule has 0 aromatic heterocycles. The molecule has 0 fully saturated rings. The molecular weight excluding hydrogens is 688 g/mol. The standard InChI is InChI=1S/C41H62N6O7/c1-8-27(6)37-40(52)42-19-12-20-54-31-17-15-30(16-18-31)23-33(38(50)47-37)43-24-35(49)32(22-29-13-10-9-11-14-29)45-41(53)36(26(4)5)46-39(51)34(21-25(2)3)44-28(7)48/h9-11,13-18,25-27,32-37,43,49H,8,12,19-24H2,1-7H3,(H,42,52)(H,44,48)(H,45,53)(H,46,51)(H,47,50)/t27-,32-,33-,34-,35-,36-,37-/m0/s1. The van der Waals surface area contributed by atoms with Gasteiger partial charge in [0.25, 0.3) is 0 Å². The van der Waals surface area contributed by atoms with Crippen LogP contribution in [0, 0.1) is 17.8 Å². The zero-order valence-corrected chi connectivity index (χ0v) is 32.9. The Morgan fingerprint density at radius 2 is 1.59 bits per heavy atom. The molecule has 0 unspecified atom stereocenters. The zero-order chi connectivity index (χ0) is 39.8. The van der Waals surface area contributed by atoms with Crippen molar-refractivity contribution in [1.82, 2.24) is 31.9 Å². The highest BCUT2D eigenvalue weighted by Crippen LogP contribution is 2.16. The third kappa shape index (κ3) is 14.4. The Morgan fingerprint density at radius 3 is 2.20 bits per heavy atom. The van der Waals surface area contributed by atoms with E-state index in [4.69, 9.17) is 4.74 Å². The molecule has 7 N–H and O–H groups in total. The summed E-state index contributed by atoms with van der Waals surface area (Å²) in [6.07, 6.45) is 1.04. The predicted molar refractivity (Wildman–Crippen MR) is 208 cm³/mol. The summed E-state index contributed by atoms with van der Waals surface area (Å²) >= 11 is 0. The lowest BCUT2D eigenvalue weighted by Gasteiger charge is -2.31. The van der Waals surface area contributed by atoms with Gasteiger partial charge in [-0.25, -0.2) is 0 Å². The van der Waals surface area contributed by atoms with Crippen LogP contribution in [0.2, 0.25) is 0 Å². The molecular formula is C41H62N6O7. The highest BCUT2D eigenvalue weighted by molar-refractivity contribution is 5.92. The molecule has 0 radical (unpaired) electrons. The van der Waals surface area contributed by atoms with Gasteiger partial charge in [0.15, 0.2) is 0 Å². The monoisotopic (exact) mass is 750 g/mol. The SMILES string of the molecule is CC[C@H](C)[C@@H]1NC(=O)[C@@H](NC[C@H](O)[C@H](Cc2ccccc2)NC(=O)[C@@H](NC(=O)[C@H](CC(C)C)NC(C)=O)C(C)C)Cc2ccc(cc2)OCCCNC1=O. The van der Waals surface area contributed by atoms with E-state index in [9.17, 15) is 29.1 Å². The Labute approximate surface area is 320 Å². The van der Waals surface area contributed by atoms with Gasteiger partial charge in [-0.3, -0.25) is 24.0 Å². The number of amides is 5. The van der Waals surface area contributed by atoms with Crippen LogP contribution in [0.5, 0.6) is 5.75 Å². The Bertz CT molecular complexity index is 1500. The number of benzene rings is 2. The summed E-state index contributed by atoms with van der Waals surface area (Å²) in [7, 11) is 0. The van der Waals surface area contributed by atoms with Crippen molar-refractivity contribution in [3.05, 3.63) is 65.7 Å². The van der Waals surface area contributed by atoms with Crippen molar-refractivity contribution in [3.8, 4) is 5.75 Å². The maximum atomic E-state index is 13.9. The molecule has 0 aliphatic carbocycles. The van der Waals surface area contributed by atoms with Gasteiger partial charge in [-0.15, -0.1) is 0 Å². The summed E-state index contributed by atoms with van der Waals surface area (Å²) in [5.74, 6) is -1.60. The molecule has 4 rings (SSSR count). The highest BCUT2D eigenvalue weighted by atomic mass is 16.5. The van der Waals surface area contributed by atoms with Crippen molar-refractivity contribution >= 4 is 29.5 Å². The molecule has 2 aromatic rings. The average Bonchev–Trinajstić information content (AvgIpc) is 3.13. The summed E-state index contributed by atoms with van der Waals surface area (Å²) in [6, 6.07) is 12.7. The average molecular weight is 751 g/mol. The third-order valence-electron chi connectivity index (χ3n) is 9.67. The van der Waals surface area contributed by atoms with E-state index in [0.29, 0.717) is 38.2 Å². The quantitative estimate of drug-likeness (QED) is 0.136. The van der Waals surface area contributed by atoms with E-state index in [2.05, 4.69) is 31.9 Å². The fourth-order valence-electron chi connectivity index (χ4n) is 6.32. The minimum Gasteiger partial charge on any atom is -0.494 e. The molecule has 298 valence electrons. The number of carbonyl (C=O) groups is 5. The van der Waals surface area contributed by atoms with Gasteiger partial charge in [0, 0.05) is 20.0 Å². The van der Waals surface area contributed by atoms with Gasteiger partial charge in [-0.2, -0.15) is 0 Å². The molecule has 2 aromatic carbocycles. The number of rotatable bonds is 16. The van der Waals surface area contributed by atoms with Crippen molar-refractivity contribution < 1.29 is 33.8 Å². The second kappa shape index (κ2) is 22.0. The van der Waals surface area contributed by atoms with E-state index in [1.54, 1.807) is 0 Å². The van der Waals surface area contributed by atoms with Gasteiger partial charge < -0.3 is 41.7 Å². The van der Waals surface area contributed by atoms with Crippen LogP contribution in [0.25, 0.3) is 0 Å². The fraction of sp³-hybridized carbons (Fsp3) is 0.585. The summed E-state index contributed by atoms with van der Waals surface area (Å²) in [6.45, 7) is 13.5. The molecule has 2 aliphatic heterocycles. The predicted octanol–water partition coefficient (Wildman–Crippen LogP) is 2.40. The smallest absolute Gasteiger partial charge is 0.243 e. The maximum Gasteiger partial charge on any atom is 0.243 e. The number of ether oxygens (including phenoxy) is 1. The number of carbonyl (C=O) groups excluding carboxylic acids is 5. The number of nitrogens with one attached hydrogen (secondary N) is 6. The molecule has 0 spiro atoms. The van der Waals surface area contributed by atoms with Gasteiger partial charge >= 0.3 is 0 Å². The van der Waals surface area contributed by atoms with Crippen molar-refractivity contribution in [2.75, 3.05) is 19.7 Å². The number of hydrogen-bond donors (Lipinski definition) is 7. The molecule has 0 saturated carbocycles. The molecule has 54 heavy (non-hydrogen) atoms. The van der Waals surface area contributed by atoms with E-state index in [1.807, 2.05) is 96.1 Å². The van der Waals surface area contributed by atoms with Crippen LogP contribution in [0.3, 0.4) is 0 Å². The van der Waals surface area contributed by atoms with Crippen LogP contribution in [-0.2, 0) is 36.8 Å². The first-order valence-electron chi connectivity index (χ1n) is 19.3. The van der Waals surface area contributed by atoms with Gasteiger partial charge in [-0.1, -0.05) is 90.4 Å². The normalized spacial score (nSPS) is 19.5. The van der Waals surface area contributed by atoms with E-state index in [1.165, 1.54) is 6.92 Å². The molecule has 2 heterocycles. The third-order valence-corrected chi connectivity index (χ3v) is 9.67. The Balaban J connectivity index is 1.86. The molecule has 13 nitrogen and oxygen atoms in total. The highest BCUT2D eigenvalue weighted by Gasteiger charge is 2.33. The molecule has 13 heteroatoms. The molecule has 5 amide bonds. The molecule has 2 bridgehead atoms. The second-order valence-electron chi connectivity index (χ2n) is 15.2. The van der Waals surface area contributed by atoms with Crippen LogP contribution in [0.15, 0.2) is 54.6 Å². The number of fused-ring (bicyclic) bond motifs is 12. The number of aliphatic hydroxyl groups excluding tert-OH is 1. The van der Waals surface area contributed by atoms with E-state index in [-0.39, 0.29) is 54.9 Å². The van der Waals surface area contributed by atoms with E-state index in [0.717, 1.165) is 11.1 Å². The van der Waals surface area contributed by atoms with Crippen molar-refractivity contribution in [3.63, 3.8) is 0 Å². The lowest BCUT2D eigenvalue weighted by molar-refractivity contribution is -0.133. The summed E-state index contributed by atoms with van der Waals surface area (Å²) in [5, 5.41) is 29.3. The van der Waals surface area contributed by atoms with Crippen LogP contribution in [0.4, 0.5) is 0 Å². The first-order chi connectivity index (χ1) is 25.7. The largest absolute Gasteiger partial charge is 0.494 e. The van der Waals surface area contributed by atoms with Crippen molar-refractivity contribution in [1.29, 1.82) is 0 Å². The maximum absolute atomic E-state index is 13.9. The Morgan fingerprint density at radius 1 is 0.907 bits per heavy atom. The van der Waals surface area contributed by atoms with Crippen LogP contribution < -0.4 is 36.6 Å². The van der Waals surface area contributed by atoms with Gasteiger partial charge in [0.05, 0.1) is 24.8 Å². The van der Waals surface area contributed by atoms with Crippen molar-refractivity contribution in [2.24, 2.45) is 17.8 Å². The van der Waals surface area contributed by atoms with Crippen LogP contribution >= 0.6 is 0 Å². The minimum atomic E-state index is -1.17. The van der Waals surface area contributed by atoms with Gasteiger partial charge in [0.1, 0.15) is 23.9 Å². The van der Waals surface area contributed by atoms with E-state index >= 15 is 0 Å². The first-order valence-corrected chi connectivity index (χ1v) is 19.3. The lowest BCUT2D eigenvalue weighted by atomic mass is 9.96. The van der Waals surface area contributed by atoms with Crippen molar-refractivity contribution in [2.45, 2.75) is 117 Å². The zero-order valence-electron chi connectivity index (χ0n) is 32.9. The Hall–Kier alpha value is -4.49. The van der Waals surface area contributed by atoms with Gasteiger partial charge in [-0.05, 0) is 66.7 Å². The number of hydrogen-bond acceptors (Lipinski definition) is 8. The summed E-state index contributed by atoms with van der Waals surface area (Å²) in [4.78, 5) is 66.3. The van der Waals surface area contributed by atoms with Crippen LogP contribution in [0.1, 0.15) is 78.9 Å². The Kier molecular flexibility index (Phi) is 17.9. The summed E-state index contributed by atoms with van der Waals surface area (Å²) < 4.78 is 5.84. The molecule has 2 aliphatic rings. The number of aliphatic hydroxyl groups is 1. The van der Waals surface area contributed by atoms with Gasteiger partial charge in [0.2, 0.25) is 29.5 Å². The lowest BCUT2D eigenvalue weighted by Crippen LogP contribution is -2.60. The summed E-state index contributed by atoms with van der Waals surface area (Å²) in [5.41, 5.74) is 1.72. The minimum absolute atomic E-state index is 0.0744. The molecule has 7 atom stereocenters. The fourth-order valence-corrected chi connectivity index (χ4v) is 6.32. The van der Waals surface area contributed by atoms with Crippen LogP contribution in [-0.4, -0.2) is 90.7 Å². The topological polar surface area (TPSA) is 187 Å². The molecule has 0 saturated heterocycles. The second-order valence-corrected chi connectivity index (χ2v) is 15.2.